The van der Waals surface area contributed by atoms with Gasteiger partial charge in [0.25, 0.3) is 0 Å². The van der Waals surface area contributed by atoms with E-state index in [4.69, 9.17) is 4.74 Å². The first-order valence-electron chi connectivity index (χ1n) is 5.91. The van der Waals surface area contributed by atoms with E-state index in [1.54, 1.807) is 21.0 Å². The number of likely N-dealkylation sites (N-methyl/N-ethyl adjacent to an activating group) is 1. The van der Waals surface area contributed by atoms with E-state index in [0.29, 0.717) is 17.3 Å². The van der Waals surface area contributed by atoms with Gasteiger partial charge < -0.3 is 10.1 Å². The van der Waals surface area contributed by atoms with Crippen molar-refractivity contribution in [2.75, 3.05) is 19.9 Å². The topological polar surface area (TPSA) is 106 Å². The van der Waals surface area contributed by atoms with E-state index in [0.717, 1.165) is 0 Å². The molecule has 0 aliphatic carbocycles. The fourth-order valence-corrected chi connectivity index (χ4v) is 2.57. The van der Waals surface area contributed by atoms with Crippen LogP contribution >= 0.6 is 11.8 Å². The van der Waals surface area contributed by atoms with Gasteiger partial charge in [-0.15, -0.1) is 0 Å². The van der Waals surface area contributed by atoms with E-state index in [-0.39, 0.29) is 5.97 Å². The summed E-state index contributed by atoms with van der Waals surface area (Å²) in [5, 5.41) is 5.66. The largest absolute Gasteiger partial charge is 0.468 e. The van der Waals surface area contributed by atoms with Crippen LogP contribution < -0.4 is 16.4 Å². The van der Waals surface area contributed by atoms with Crippen LogP contribution in [0.4, 0.5) is 0 Å². The number of thioether (sulfide) groups is 1. The summed E-state index contributed by atoms with van der Waals surface area (Å²) >= 11 is 1.27. The van der Waals surface area contributed by atoms with Crippen molar-refractivity contribution < 1.29 is 9.53 Å². The van der Waals surface area contributed by atoms with Gasteiger partial charge in [0.05, 0.1) is 7.11 Å². The first-order chi connectivity index (χ1) is 9.34. The lowest BCUT2D eigenvalue weighted by atomic mass is 10.00. The zero-order valence-electron chi connectivity index (χ0n) is 11.8. The predicted molar refractivity (Wildman–Crippen MR) is 74.9 cm³/mol. The fraction of sp³-hybridized carbons (Fsp3) is 0.636. The number of rotatable bonds is 6. The number of nitrogens with one attached hydrogen (secondary N) is 2. The first-order valence-corrected chi connectivity index (χ1v) is 6.90. The lowest BCUT2D eigenvalue weighted by molar-refractivity contribution is -0.147. The van der Waals surface area contributed by atoms with Crippen molar-refractivity contribution in [3.05, 3.63) is 20.7 Å². The third kappa shape index (κ3) is 3.70. The summed E-state index contributed by atoms with van der Waals surface area (Å²) in [6.45, 7) is 1.73. The number of aromatic amines is 1. The molecule has 0 aliphatic heterocycles. The molecule has 0 radical (unpaired) electrons. The van der Waals surface area contributed by atoms with Crippen molar-refractivity contribution in [1.82, 2.24) is 20.1 Å². The predicted octanol–water partition coefficient (Wildman–Crippen LogP) is -0.898. The van der Waals surface area contributed by atoms with Crippen LogP contribution in [0, 0.1) is 0 Å². The summed E-state index contributed by atoms with van der Waals surface area (Å²) in [6, 6.07) is 0. The zero-order chi connectivity index (χ0) is 15.3. The molecule has 0 bridgehead atoms. The average Bonchev–Trinajstić information content (AvgIpc) is 2.43. The highest BCUT2D eigenvalue weighted by Gasteiger charge is 2.32. The normalized spacial score (nSPS) is 13.8. The van der Waals surface area contributed by atoms with Crippen LogP contribution in [0.2, 0.25) is 0 Å². The van der Waals surface area contributed by atoms with Gasteiger partial charge in [0, 0.05) is 12.8 Å². The lowest BCUT2D eigenvalue weighted by Crippen LogP contribution is -2.48. The highest BCUT2D eigenvalue weighted by Crippen LogP contribution is 2.19. The molecule has 1 rings (SSSR count). The maximum atomic E-state index is 11.7. The van der Waals surface area contributed by atoms with Crippen molar-refractivity contribution in [3.8, 4) is 0 Å². The molecule has 0 fully saturated rings. The van der Waals surface area contributed by atoms with Crippen LogP contribution in [-0.4, -0.2) is 46.2 Å². The Labute approximate surface area is 119 Å². The minimum Gasteiger partial charge on any atom is -0.468 e. The van der Waals surface area contributed by atoms with E-state index in [1.165, 1.54) is 23.6 Å². The maximum absolute atomic E-state index is 11.7. The number of carbonyl (C=O) groups excluding carboxylic acids is 1. The smallest absolute Gasteiger partial charge is 0.339 e. The van der Waals surface area contributed by atoms with Crippen molar-refractivity contribution in [2.24, 2.45) is 7.05 Å². The van der Waals surface area contributed by atoms with Crippen LogP contribution in [0.3, 0.4) is 0 Å². The first kappa shape index (κ1) is 16.4. The van der Waals surface area contributed by atoms with Crippen molar-refractivity contribution in [3.63, 3.8) is 0 Å². The Morgan fingerprint density at radius 2 is 2.20 bits per heavy atom. The summed E-state index contributed by atoms with van der Waals surface area (Å²) in [7, 11) is 4.60. The molecule has 0 spiro atoms. The SMILES string of the molecule is CNC(C)(CCSc1nc(=O)c(=O)[nH]n1C)C(=O)OC. The number of carbonyl (C=O) groups is 1. The van der Waals surface area contributed by atoms with E-state index < -0.39 is 16.7 Å². The minimum absolute atomic E-state index is 0.357. The summed E-state index contributed by atoms with van der Waals surface area (Å²) in [5.41, 5.74) is -2.38. The Morgan fingerprint density at radius 1 is 1.55 bits per heavy atom. The molecular weight excluding hydrogens is 284 g/mol. The molecule has 9 heteroatoms. The fourth-order valence-electron chi connectivity index (χ4n) is 1.49. The Balaban J connectivity index is 2.74. The van der Waals surface area contributed by atoms with Gasteiger partial charge in [-0.1, -0.05) is 11.8 Å². The second-order valence-corrected chi connectivity index (χ2v) is 5.43. The third-order valence-electron chi connectivity index (χ3n) is 2.97. The molecule has 20 heavy (non-hydrogen) atoms. The van der Waals surface area contributed by atoms with E-state index in [1.807, 2.05) is 0 Å². The second-order valence-electron chi connectivity index (χ2n) is 4.37. The number of hydrogen-bond acceptors (Lipinski definition) is 7. The van der Waals surface area contributed by atoms with E-state index in [9.17, 15) is 14.4 Å². The molecular formula is C11H18N4O4S. The Morgan fingerprint density at radius 3 is 2.75 bits per heavy atom. The number of aryl methyl sites for hydroxylation is 1. The molecule has 1 atom stereocenters. The molecule has 0 amide bonds. The number of aromatic nitrogens is 3. The zero-order valence-corrected chi connectivity index (χ0v) is 12.7. The van der Waals surface area contributed by atoms with E-state index >= 15 is 0 Å². The molecule has 112 valence electrons. The molecule has 0 saturated carbocycles. The number of nitrogens with zero attached hydrogens (tertiary/aromatic N) is 2. The lowest BCUT2D eigenvalue weighted by Gasteiger charge is -2.25. The number of esters is 1. The summed E-state index contributed by atoms with van der Waals surface area (Å²) in [6.07, 6.45) is 0.482. The highest BCUT2D eigenvalue weighted by atomic mass is 32.2. The third-order valence-corrected chi connectivity index (χ3v) is 4.00. The van der Waals surface area contributed by atoms with Gasteiger partial charge in [-0.25, -0.2) is 0 Å². The summed E-state index contributed by atoms with van der Waals surface area (Å²) in [5.74, 6) is 0.169. The summed E-state index contributed by atoms with van der Waals surface area (Å²) in [4.78, 5) is 37.6. The molecule has 2 N–H and O–H groups in total. The number of H-pyrrole nitrogens is 1. The quantitative estimate of drug-likeness (QED) is 0.398. The minimum atomic E-state index is -0.824. The monoisotopic (exact) mass is 302 g/mol. The molecule has 0 saturated heterocycles. The van der Waals surface area contributed by atoms with Crippen LogP contribution in [0.25, 0.3) is 0 Å². The van der Waals surface area contributed by atoms with Crippen molar-refractivity contribution in [2.45, 2.75) is 24.0 Å². The van der Waals surface area contributed by atoms with Gasteiger partial charge in [0.2, 0.25) is 0 Å². The number of hydrogen-bond donors (Lipinski definition) is 2. The number of ether oxygens (including phenoxy) is 1. The van der Waals surface area contributed by atoms with Gasteiger partial charge in [0.1, 0.15) is 5.54 Å². The Kier molecular flexibility index (Phi) is 5.52. The molecule has 0 aliphatic rings. The molecule has 1 aromatic rings. The Hall–Kier alpha value is -1.61. The van der Waals surface area contributed by atoms with Gasteiger partial charge >= 0.3 is 17.1 Å². The average molecular weight is 302 g/mol. The van der Waals surface area contributed by atoms with Gasteiger partial charge in [0.15, 0.2) is 5.16 Å². The molecule has 1 unspecified atom stereocenters. The standard InChI is InChI=1S/C11H18N4O4S/c1-11(12-2,9(18)19-4)5-6-20-10-13-7(16)8(17)14-15(10)3/h12H,5-6H2,1-4H3,(H,14,17). The Bertz CT molecular complexity index is 597. The van der Waals surface area contributed by atoms with Gasteiger partial charge in [-0.2, -0.15) is 4.98 Å². The summed E-state index contributed by atoms with van der Waals surface area (Å²) < 4.78 is 6.12. The highest BCUT2D eigenvalue weighted by molar-refractivity contribution is 7.99. The van der Waals surface area contributed by atoms with Crippen LogP contribution in [0.1, 0.15) is 13.3 Å². The molecule has 1 aromatic heterocycles. The number of methoxy groups -OCH3 is 1. The molecule has 8 nitrogen and oxygen atoms in total. The van der Waals surface area contributed by atoms with Gasteiger partial charge in [-0.05, 0) is 20.4 Å². The van der Waals surface area contributed by atoms with Crippen molar-refractivity contribution in [1.29, 1.82) is 0 Å². The van der Waals surface area contributed by atoms with Crippen LogP contribution in [0.15, 0.2) is 14.7 Å². The second kappa shape index (κ2) is 6.71. The molecule has 0 aromatic carbocycles. The van der Waals surface area contributed by atoms with Crippen LogP contribution in [0.5, 0.6) is 0 Å². The van der Waals surface area contributed by atoms with Gasteiger partial charge in [-0.3, -0.25) is 24.2 Å². The maximum Gasteiger partial charge on any atom is 0.339 e. The molecule has 1 heterocycles. The van der Waals surface area contributed by atoms with E-state index in [2.05, 4.69) is 15.4 Å². The van der Waals surface area contributed by atoms with Crippen molar-refractivity contribution >= 4 is 17.7 Å². The van der Waals surface area contributed by atoms with Crippen LogP contribution in [-0.2, 0) is 16.6 Å².